The largest absolute Gasteiger partial charge is 0.493 e. The second kappa shape index (κ2) is 9.86. The summed E-state index contributed by atoms with van der Waals surface area (Å²) in [4.78, 5) is 12.2. The van der Waals surface area contributed by atoms with Crippen LogP contribution in [-0.4, -0.2) is 32.4 Å². The first-order valence-corrected chi connectivity index (χ1v) is 8.82. The number of hydrogen-bond donors (Lipinski definition) is 1. The molecule has 156 valence electrons. The SMILES string of the molecule is CCOc1ccc(C=CC(=O)Nc2ccc(C)cc2OCC(F)(F)F)cc1OC. The van der Waals surface area contributed by atoms with E-state index < -0.39 is 18.7 Å². The van der Waals surface area contributed by atoms with Crippen LogP contribution in [0.15, 0.2) is 42.5 Å². The Bertz CT molecular complexity index is 879. The number of carbonyl (C=O) groups is 1. The third kappa shape index (κ3) is 7.06. The van der Waals surface area contributed by atoms with Crippen molar-refractivity contribution < 1.29 is 32.2 Å². The number of aryl methyl sites for hydroxylation is 1. The Morgan fingerprint density at radius 2 is 1.83 bits per heavy atom. The third-order valence-corrected chi connectivity index (χ3v) is 3.70. The zero-order chi connectivity index (χ0) is 21.4. The number of carbonyl (C=O) groups excluding carboxylic acids is 1. The third-order valence-electron chi connectivity index (χ3n) is 3.70. The molecule has 0 unspecified atom stereocenters. The van der Waals surface area contributed by atoms with Crippen LogP contribution in [0.1, 0.15) is 18.1 Å². The van der Waals surface area contributed by atoms with Crippen molar-refractivity contribution in [3.8, 4) is 17.2 Å². The van der Waals surface area contributed by atoms with Gasteiger partial charge in [-0.05, 0) is 55.3 Å². The van der Waals surface area contributed by atoms with Crippen LogP contribution in [0.2, 0.25) is 0 Å². The van der Waals surface area contributed by atoms with Crippen LogP contribution in [0.5, 0.6) is 17.2 Å². The van der Waals surface area contributed by atoms with E-state index in [2.05, 4.69) is 5.32 Å². The molecule has 0 aliphatic carbocycles. The van der Waals surface area contributed by atoms with Gasteiger partial charge >= 0.3 is 6.18 Å². The Morgan fingerprint density at radius 1 is 1.07 bits per heavy atom. The molecule has 0 heterocycles. The van der Waals surface area contributed by atoms with Crippen molar-refractivity contribution in [2.75, 3.05) is 25.6 Å². The zero-order valence-corrected chi connectivity index (χ0v) is 16.3. The lowest BCUT2D eigenvalue weighted by molar-refractivity contribution is -0.153. The maximum Gasteiger partial charge on any atom is 0.422 e. The molecule has 1 amide bonds. The Hall–Kier alpha value is -3.16. The maximum atomic E-state index is 12.4. The van der Waals surface area contributed by atoms with Gasteiger partial charge in [-0.2, -0.15) is 13.2 Å². The molecule has 8 heteroatoms. The van der Waals surface area contributed by atoms with E-state index >= 15 is 0 Å². The van der Waals surface area contributed by atoms with Crippen molar-refractivity contribution in [3.05, 3.63) is 53.6 Å². The molecule has 0 fully saturated rings. The number of halogens is 3. The molecule has 2 aromatic carbocycles. The Balaban J connectivity index is 2.11. The van der Waals surface area contributed by atoms with E-state index in [4.69, 9.17) is 14.2 Å². The molecule has 0 bridgehead atoms. The smallest absolute Gasteiger partial charge is 0.422 e. The van der Waals surface area contributed by atoms with Gasteiger partial charge < -0.3 is 19.5 Å². The fourth-order valence-electron chi connectivity index (χ4n) is 2.42. The van der Waals surface area contributed by atoms with Crippen molar-refractivity contribution in [2.24, 2.45) is 0 Å². The highest BCUT2D eigenvalue weighted by atomic mass is 19.4. The van der Waals surface area contributed by atoms with Gasteiger partial charge in [0, 0.05) is 6.08 Å². The van der Waals surface area contributed by atoms with Gasteiger partial charge in [0.2, 0.25) is 5.91 Å². The molecule has 0 atom stereocenters. The van der Waals surface area contributed by atoms with Gasteiger partial charge in [0.1, 0.15) is 5.75 Å². The summed E-state index contributed by atoms with van der Waals surface area (Å²) >= 11 is 0. The van der Waals surface area contributed by atoms with Crippen LogP contribution in [0, 0.1) is 6.92 Å². The van der Waals surface area contributed by atoms with Gasteiger partial charge in [-0.25, -0.2) is 0 Å². The highest BCUT2D eigenvalue weighted by Gasteiger charge is 2.29. The first-order valence-electron chi connectivity index (χ1n) is 8.82. The van der Waals surface area contributed by atoms with Crippen molar-refractivity contribution in [2.45, 2.75) is 20.0 Å². The molecule has 0 aliphatic rings. The molecule has 0 spiro atoms. The van der Waals surface area contributed by atoms with Gasteiger partial charge in [0.25, 0.3) is 0 Å². The lowest BCUT2D eigenvalue weighted by atomic mass is 10.2. The zero-order valence-electron chi connectivity index (χ0n) is 16.3. The molecule has 2 aromatic rings. The standard InChI is InChI=1S/C21H22F3NO4/c1-4-28-17-9-6-15(12-19(17)27-3)7-10-20(26)25-16-8-5-14(2)11-18(16)29-13-21(22,23)24/h5-12H,4,13H2,1-3H3,(H,25,26). The molecule has 0 saturated heterocycles. The number of hydrogen-bond acceptors (Lipinski definition) is 4. The van der Waals surface area contributed by atoms with Gasteiger partial charge in [0.05, 0.1) is 19.4 Å². The summed E-state index contributed by atoms with van der Waals surface area (Å²) in [7, 11) is 1.51. The number of alkyl halides is 3. The number of anilines is 1. The van der Waals surface area contributed by atoms with E-state index in [0.29, 0.717) is 29.2 Å². The minimum absolute atomic E-state index is 0.0492. The molecular weight excluding hydrogens is 387 g/mol. The lowest BCUT2D eigenvalue weighted by Gasteiger charge is -2.14. The number of ether oxygens (including phenoxy) is 3. The summed E-state index contributed by atoms with van der Waals surface area (Å²) in [5.74, 6) is 0.545. The predicted molar refractivity (Wildman–Crippen MR) is 105 cm³/mol. The Labute approximate surface area is 167 Å². The first kappa shape index (κ1) is 22.1. The highest BCUT2D eigenvalue weighted by molar-refractivity contribution is 6.02. The highest BCUT2D eigenvalue weighted by Crippen LogP contribution is 2.29. The maximum absolute atomic E-state index is 12.4. The minimum Gasteiger partial charge on any atom is -0.493 e. The number of benzene rings is 2. The van der Waals surface area contributed by atoms with Crippen molar-refractivity contribution in [3.63, 3.8) is 0 Å². The van der Waals surface area contributed by atoms with E-state index in [1.807, 2.05) is 6.92 Å². The van der Waals surface area contributed by atoms with Crippen LogP contribution in [0.25, 0.3) is 6.08 Å². The second-order valence-corrected chi connectivity index (χ2v) is 6.07. The first-order chi connectivity index (χ1) is 13.7. The minimum atomic E-state index is -4.47. The molecule has 0 saturated carbocycles. The van der Waals surface area contributed by atoms with E-state index in [0.717, 1.165) is 0 Å². The number of amides is 1. The molecule has 1 N–H and O–H groups in total. The van der Waals surface area contributed by atoms with E-state index in [1.54, 1.807) is 37.3 Å². The Morgan fingerprint density at radius 3 is 2.48 bits per heavy atom. The molecule has 29 heavy (non-hydrogen) atoms. The fourth-order valence-corrected chi connectivity index (χ4v) is 2.42. The topological polar surface area (TPSA) is 56.8 Å². The molecule has 0 aliphatic heterocycles. The summed E-state index contributed by atoms with van der Waals surface area (Å²) < 4.78 is 52.8. The lowest BCUT2D eigenvalue weighted by Crippen LogP contribution is -2.20. The summed E-state index contributed by atoms with van der Waals surface area (Å²) in [6.07, 6.45) is -1.65. The monoisotopic (exact) mass is 409 g/mol. The predicted octanol–water partition coefficient (Wildman–Crippen LogP) is 5.00. The van der Waals surface area contributed by atoms with Crippen molar-refractivity contribution in [1.82, 2.24) is 0 Å². The second-order valence-electron chi connectivity index (χ2n) is 6.07. The molecule has 2 rings (SSSR count). The van der Waals surface area contributed by atoms with Crippen molar-refractivity contribution >= 4 is 17.7 Å². The molecule has 0 aromatic heterocycles. The van der Waals surface area contributed by atoms with Gasteiger partial charge in [-0.1, -0.05) is 12.1 Å². The van der Waals surface area contributed by atoms with E-state index in [-0.39, 0.29) is 11.4 Å². The van der Waals surface area contributed by atoms with Crippen molar-refractivity contribution in [1.29, 1.82) is 0 Å². The van der Waals surface area contributed by atoms with Crippen LogP contribution >= 0.6 is 0 Å². The molecule has 5 nitrogen and oxygen atoms in total. The number of methoxy groups -OCH3 is 1. The molecular formula is C21H22F3NO4. The molecule has 0 radical (unpaired) electrons. The van der Waals surface area contributed by atoms with Gasteiger partial charge in [0.15, 0.2) is 18.1 Å². The number of nitrogens with one attached hydrogen (secondary N) is 1. The van der Waals surface area contributed by atoms with Crippen LogP contribution in [0.3, 0.4) is 0 Å². The summed E-state index contributed by atoms with van der Waals surface area (Å²) in [5.41, 5.74) is 1.55. The van der Waals surface area contributed by atoms with Crippen LogP contribution < -0.4 is 19.5 Å². The van der Waals surface area contributed by atoms with Crippen LogP contribution in [0.4, 0.5) is 18.9 Å². The average Bonchev–Trinajstić information content (AvgIpc) is 2.67. The summed E-state index contributed by atoms with van der Waals surface area (Å²) in [5, 5.41) is 2.53. The van der Waals surface area contributed by atoms with E-state index in [9.17, 15) is 18.0 Å². The van der Waals surface area contributed by atoms with E-state index in [1.165, 1.54) is 25.3 Å². The quantitative estimate of drug-likeness (QED) is 0.624. The average molecular weight is 409 g/mol. The number of rotatable bonds is 8. The summed E-state index contributed by atoms with van der Waals surface area (Å²) in [6, 6.07) is 9.77. The summed E-state index contributed by atoms with van der Waals surface area (Å²) in [6.45, 7) is 2.62. The van der Waals surface area contributed by atoms with Gasteiger partial charge in [-0.3, -0.25) is 4.79 Å². The fraction of sp³-hybridized carbons (Fsp3) is 0.286. The Kier molecular flexibility index (Phi) is 7.52. The normalized spacial score (nSPS) is 11.4. The van der Waals surface area contributed by atoms with Crippen LogP contribution in [-0.2, 0) is 4.79 Å². The van der Waals surface area contributed by atoms with Gasteiger partial charge in [-0.15, -0.1) is 0 Å².